The molecular weight excluding hydrogens is 272 g/mol. The van der Waals surface area contributed by atoms with E-state index in [1.807, 2.05) is 36.4 Å². The maximum Gasteiger partial charge on any atom is 0.191 e. The lowest BCUT2D eigenvalue weighted by atomic mass is 10.3. The highest BCUT2D eigenvalue weighted by Gasteiger charge is 1.97. The fraction of sp³-hybridized carbons (Fsp3) is 0.0714. The summed E-state index contributed by atoms with van der Waals surface area (Å²) in [6.07, 6.45) is 5.07. The van der Waals surface area contributed by atoms with Gasteiger partial charge in [-0.3, -0.25) is 10.4 Å². The Hall–Kier alpha value is -2.47. The molecule has 0 unspecified atom stereocenters. The van der Waals surface area contributed by atoms with Gasteiger partial charge in [0.25, 0.3) is 0 Å². The molecule has 2 N–H and O–H groups in total. The van der Waals surface area contributed by atoms with E-state index in [1.54, 1.807) is 25.7 Å². The first kappa shape index (κ1) is 14.0. The van der Waals surface area contributed by atoms with E-state index in [2.05, 4.69) is 20.8 Å². The molecule has 0 spiro atoms. The van der Waals surface area contributed by atoms with Crippen LogP contribution in [0.3, 0.4) is 0 Å². The second-order valence-electron chi connectivity index (χ2n) is 3.84. The van der Waals surface area contributed by atoms with Crippen LogP contribution in [0.1, 0.15) is 5.56 Å². The first-order valence-electron chi connectivity index (χ1n) is 5.92. The van der Waals surface area contributed by atoms with E-state index in [0.29, 0.717) is 5.11 Å². The van der Waals surface area contributed by atoms with Crippen LogP contribution < -0.4 is 15.5 Å². The molecule has 0 saturated heterocycles. The van der Waals surface area contributed by atoms with Gasteiger partial charge in [0.1, 0.15) is 5.75 Å². The van der Waals surface area contributed by atoms with Crippen LogP contribution in [0.4, 0.5) is 5.69 Å². The zero-order chi connectivity index (χ0) is 14.2. The van der Waals surface area contributed by atoms with Crippen molar-refractivity contribution in [3.63, 3.8) is 0 Å². The number of aromatic nitrogens is 1. The molecule has 0 radical (unpaired) electrons. The molecule has 5 nitrogen and oxygen atoms in total. The average Bonchev–Trinajstić information content (AvgIpc) is 2.48. The van der Waals surface area contributed by atoms with E-state index >= 15 is 0 Å². The molecule has 2 rings (SSSR count). The highest BCUT2D eigenvalue weighted by Crippen LogP contribution is 2.16. The van der Waals surface area contributed by atoms with Crippen LogP contribution in [0, 0.1) is 0 Å². The van der Waals surface area contributed by atoms with Crippen molar-refractivity contribution in [3.8, 4) is 5.75 Å². The van der Waals surface area contributed by atoms with Crippen molar-refractivity contribution < 1.29 is 4.74 Å². The van der Waals surface area contributed by atoms with Gasteiger partial charge in [0.2, 0.25) is 0 Å². The van der Waals surface area contributed by atoms with E-state index in [9.17, 15) is 0 Å². The Labute approximate surface area is 122 Å². The Kier molecular flexibility index (Phi) is 5.02. The highest BCUT2D eigenvalue weighted by atomic mass is 32.1. The van der Waals surface area contributed by atoms with Crippen molar-refractivity contribution >= 4 is 29.2 Å². The molecule has 102 valence electrons. The van der Waals surface area contributed by atoms with Crippen molar-refractivity contribution in [2.45, 2.75) is 0 Å². The summed E-state index contributed by atoms with van der Waals surface area (Å²) in [5.74, 6) is 0.762. The summed E-state index contributed by atoms with van der Waals surface area (Å²) in [7, 11) is 1.62. The molecule has 0 atom stereocenters. The Morgan fingerprint density at radius 3 is 2.85 bits per heavy atom. The summed E-state index contributed by atoms with van der Waals surface area (Å²) in [5, 5.41) is 7.47. The fourth-order valence-corrected chi connectivity index (χ4v) is 1.65. The van der Waals surface area contributed by atoms with Gasteiger partial charge in [-0.25, -0.2) is 0 Å². The molecule has 0 aliphatic carbocycles. The molecule has 20 heavy (non-hydrogen) atoms. The first-order chi connectivity index (χ1) is 9.78. The Morgan fingerprint density at radius 2 is 2.10 bits per heavy atom. The van der Waals surface area contributed by atoms with E-state index in [-0.39, 0.29) is 0 Å². The summed E-state index contributed by atoms with van der Waals surface area (Å²) >= 11 is 5.14. The third-order valence-electron chi connectivity index (χ3n) is 2.41. The number of hydrogen-bond acceptors (Lipinski definition) is 4. The number of pyridine rings is 1. The van der Waals surface area contributed by atoms with E-state index in [0.717, 1.165) is 17.0 Å². The number of anilines is 1. The lowest BCUT2D eigenvalue weighted by Gasteiger charge is -2.08. The number of thiocarbonyl (C=S) groups is 1. The molecule has 1 heterocycles. The summed E-state index contributed by atoms with van der Waals surface area (Å²) in [6.45, 7) is 0. The van der Waals surface area contributed by atoms with Crippen LogP contribution >= 0.6 is 12.2 Å². The highest BCUT2D eigenvalue weighted by molar-refractivity contribution is 7.80. The second-order valence-corrected chi connectivity index (χ2v) is 4.24. The van der Waals surface area contributed by atoms with Gasteiger partial charge in [0.15, 0.2) is 5.11 Å². The van der Waals surface area contributed by atoms with E-state index < -0.39 is 0 Å². The third-order valence-corrected chi connectivity index (χ3v) is 2.61. The molecule has 0 bridgehead atoms. The molecular formula is C14H14N4OS. The van der Waals surface area contributed by atoms with Gasteiger partial charge in [-0.1, -0.05) is 6.07 Å². The lowest BCUT2D eigenvalue weighted by Crippen LogP contribution is -2.23. The number of benzene rings is 1. The van der Waals surface area contributed by atoms with Crippen LogP contribution in [0.15, 0.2) is 53.9 Å². The Morgan fingerprint density at radius 1 is 1.30 bits per heavy atom. The normalized spacial score (nSPS) is 10.2. The monoisotopic (exact) mass is 286 g/mol. The number of hydrazone groups is 1. The molecule has 0 saturated carbocycles. The molecule has 0 fully saturated rings. The summed E-state index contributed by atoms with van der Waals surface area (Å²) in [6, 6.07) is 11.2. The SMILES string of the molecule is COc1cccc(NC(=S)NN=Cc2ccncc2)c1. The van der Waals surface area contributed by atoms with Gasteiger partial charge < -0.3 is 10.1 Å². The van der Waals surface area contributed by atoms with Gasteiger partial charge >= 0.3 is 0 Å². The van der Waals surface area contributed by atoms with Crippen LogP contribution in [-0.2, 0) is 0 Å². The standard InChI is InChI=1S/C14H14N4OS/c1-19-13-4-2-3-12(9-13)17-14(20)18-16-10-11-5-7-15-8-6-11/h2-10H,1H3,(H2,17,18,20). The van der Waals surface area contributed by atoms with Crippen LogP contribution in [-0.4, -0.2) is 23.4 Å². The van der Waals surface area contributed by atoms with Crippen molar-refractivity contribution in [2.75, 3.05) is 12.4 Å². The van der Waals surface area contributed by atoms with Crippen LogP contribution in [0.25, 0.3) is 0 Å². The van der Waals surface area contributed by atoms with Gasteiger partial charge in [0.05, 0.1) is 13.3 Å². The zero-order valence-electron chi connectivity index (χ0n) is 10.9. The second kappa shape index (κ2) is 7.20. The molecule has 2 aromatic rings. The molecule has 0 aliphatic heterocycles. The van der Waals surface area contributed by atoms with Crippen LogP contribution in [0.2, 0.25) is 0 Å². The summed E-state index contributed by atoms with van der Waals surface area (Å²) < 4.78 is 5.14. The van der Waals surface area contributed by atoms with Gasteiger partial charge in [0, 0.05) is 24.1 Å². The van der Waals surface area contributed by atoms with Gasteiger partial charge in [-0.15, -0.1) is 0 Å². The predicted molar refractivity (Wildman–Crippen MR) is 84.2 cm³/mol. The summed E-state index contributed by atoms with van der Waals surface area (Å²) in [4.78, 5) is 3.93. The minimum Gasteiger partial charge on any atom is -0.497 e. The number of ether oxygens (including phenoxy) is 1. The van der Waals surface area contributed by atoms with Gasteiger partial charge in [-0.2, -0.15) is 5.10 Å². The smallest absolute Gasteiger partial charge is 0.191 e. The Bertz CT molecular complexity index is 601. The molecule has 1 aromatic carbocycles. The molecule has 1 aromatic heterocycles. The fourth-order valence-electron chi connectivity index (χ4n) is 1.47. The number of hydrogen-bond donors (Lipinski definition) is 2. The predicted octanol–water partition coefficient (Wildman–Crippen LogP) is 2.41. The van der Waals surface area contributed by atoms with Crippen molar-refractivity contribution in [1.29, 1.82) is 0 Å². The molecule has 0 amide bonds. The number of rotatable bonds is 4. The minimum absolute atomic E-state index is 0.406. The number of nitrogens with zero attached hydrogens (tertiary/aromatic N) is 2. The zero-order valence-corrected chi connectivity index (χ0v) is 11.7. The van der Waals surface area contributed by atoms with Crippen molar-refractivity contribution in [2.24, 2.45) is 5.10 Å². The average molecular weight is 286 g/mol. The largest absolute Gasteiger partial charge is 0.497 e. The van der Waals surface area contributed by atoms with E-state index in [1.165, 1.54) is 0 Å². The van der Waals surface area contributed by atoms with E-state index in [4.69, 9.17) is 17.0 Å². The van der Waals surface area contributed by atoms with Crippen molar-refractivity contribution in [3.05, 3.63) is 54.4 Å². The maximum absolute atomic E-state index is 5.14. The maximum atomic E-state index is 5.14. The summed E-state index contributed by atoms with van der Waals surface area (Å²) in [5.41, 5.74) is 4.52. The van der Waals surface area contributed by atoms with Gasteiger partial charge in [-0.05, 0) is 42.0 Å². The van der Waals surface area contributed by atoms with Crippen LogP contribution in [0.5, 0.6) is 5.75 Å². The number of methoxy groups -OCH3 is 1. The first-order valence-corrected chi connectivity index (χ1v) is 6.33. The minimum atomic E-state index is 0.406. The lowest BCUT2D eigenvalue weighted by molar-refractivity contribution is 0.415. The quantitative estimate of drug-likeness (QED) is 0.513. The topological polar surface area (TPSA) is 58.5 Å². The molecule has 0 aliphatic rings. The van der Waals surface area contributed by atoms with Crippen molar-refractivity contribution in [1.82, 2.24) is 10.4 Å². The Balaban J connectivity index is 1.88. The number of nitrogens with one attached hydrogen (secondary N) is 2. The molecule has 6 heteroatoms. The third kappa shape index (κ3) is 4.33.